The van der Waals surface area contributed by atoms with Gasteiger partial charge >= 0.3 is 5.97 Å². The van der Waals surface area contributed by atoms with Gasteiger partial charge in [0.15, 0.2) is 0 Å². The summed E-state index contributed by atoms with van der Waals surface area (Å²) in [4.78, 5) is 28.6. The first-order chi connectivity index (χ1) is 8.09. The van der Waals surface area contributed by atoms with Crippen molar-refractivity contribution in [1.82, 2.24) is 9.88 Å². The number of nitrogens with zero attached hydrogens (tertiary/aromatic N) is 2. The highest BCUT2D eigenvalue weighted by Gasteiger charge is 2.34. The summed E-state index contributed by atoms with van der Waals surface area (Å²) in [6.45, 7) is 2.29. The third-order valence-electron chi connectivity index (χ3n) is 2.91. The van der Waals surface area contributed by atoms with E-state index in [4.69, 9.17) is 5.11 Å². The maximum absolute atomic E-state index is 12.1. The molecule has 1 N–H and O–H groups in total. The molecule has 0 aromatic carbocycles. The van der Waals surface area contributed by atoms with Gasteiger partial charge < -0.3 is 10.0 Å². The topological polar surface area (TPSA) is 70.5 Å². The molecule has 0 aliphatic carbocycles. The molecular weight excluding hydrogens is 220 g/mol. The van der Waals surface area contributed by atoms with Crippen LogP contribution in [0.15, 0.2) is 18.2 Å². The summed E-state index contributed by atoms with van der Waals surface area (Å²) in [5.74, 6) is -1.23. The van der Waals surface area contributed by atoms with E-state index < -0.39 is 12.0 Å². The van der Waals surface area contributed by atoms with Crippen LogP contribution in [0, 0.1) is 6.92 Å². The van der Waals surface area contributed by atoms with Crippen LogP contribution in [0.1, 0.15) is 29.0 Å². The van der Waals surface area contributed by atoms with Crippen molar-refractivity contribution in [3.05, 3.63) is 29.6 Å². The van der Waals surface area contributed by atoms with Gasteiger partial charge in [-0.1, -0.05) is 6.07 Å². The normalized spacial score (nSPS) is 19.4. The molecule has 17 heavy (non-hydrogen) atoms. The number of aliphatic carboxylic acids is 1. The van der Waals surface area contributed by atoms with Crippen LogP contribution in [-0.4, -0.2) is 39.5 Å². The Morgan fingerprint density at radius 3 is 2.88 bits per heavy atom. The van der Waals surface area contributed by atoms with Crippen molar-refractivity contribution in [1.29, 1.82) is 0 Å². The van der Waals surface area contributed by atoms with E-state index in [0.717, 1.165) is 12.1 Å². The third kappa shape index (κ3) is 2.27. The van der Waals surface area contributed by atoms with Crippen molar-refractivity contribution in [2.24, 2.45) is 0 Å². The number of rotatable bonds is 2. The lowest BCUT2D eigenvalue weighted by Gasteiger charge is -2.20. The molecule has 1 aliphatic heterocycles. The second kappa shape index (κ2) is 4.53. The van der Waals surface area contributed by atoms with Crippen LogP contribution in [0.4, 0.5) is 0 Å². The van der Waals surface area contributed by atoms with Crippen molar-refractivity contribution >= 4 is 11.9 Å². The lowest BCUT2D eigenvalue weighted by molar-refractivity contribution is -0.141. The molecule has 90 valence electrons. The largest absolute Gasteiger partial charge is 0.480 e. The lowest BCUT2D eigenvalue weighted by atomic mass is 10.2. The standard InChI is InChI=1S/C12H14N2O3/c1-8-4-2-5-9(13-8)11(15)14-7-3-6-10(14)12(16)17/h2,4-5,10H,3,6-7H2,1H3,(H,16,17)/t10-/m1/s1. The summed E-state index contributed by atoms with van der Waals surface area (Å²) in [5, 5.41) is 9.02. The molecule has 0 unspecified atom stereocenters. The number of carbonyl (C=O) groups is 2. The molecule has 2 rings (SSSR count). The Morgan fingerprint density at radius 1 is 1.47 bits per heavy atom. The zero-order chi connectivity index (χ0) is 12.4. The highest BCUT2D eigenvalue weighted by atomic mass is 16.4. The van der Waals surface area contributed by atoms with Gasteiger partial charge in [0.25, 0.3) is 5.91 Å². The second-order valence-electron chi connectivity index (χ2n) is 4.16. The van der Waals surface area contributed by atoms with Crippen molar-refractivity contribution in [3.63, 3.8) is 0 Å². The average molecular weight is 234 g/mol. The lowest BCUT2D eigenvalue weighted by Crippen LogP contribution is -2.40. The van der Waals surface area contributed by atoms with Gasteiger partial charge in [0.05, 0.1) is 0 Å². The molecular formula is C12H14N2O3. The first kappa shape index (κ1) is 11.6. The fraction of sp³-hybridized carbons (Fsp3) is 0.417. The molecule has 0 radical (unpaired) electrons. The molecule has 1 amide bonds. The first-order valence-electron chi connectivity index (χ1n) is 5.57. The predicted molar refractivity (Wildman–Crippen MR) is 60.7 cm³/mol. The highest BCUT2D eigenvalue weighted by molar-refractivity contribution is 5.95. The molecule has 0 spiro atoms. The van der Waals surface area contributed by atoms with Gasteiger partial charge in [-0.25, -0.2) is 9.78 Å². The zero-order valence-electron chi connectivity index (χ0n) is 9.59. The van der Waals surface area contributed by atoms with Gasteiger partial charge in [0.1, 0.15) is 11.7 Å². The molecule has 0 saturated carbocycles. The van der Waals surface area contributed by atoms with E-state index >= 15 is 0 Å². The number of hydrogen-bond acceptors (Lipinski definition) is 3. The van der Waals surface area contributed by atoms with Crippen LogP contribution in [0.25, 0.3) is 0 Å². The Hall–Kier alpha value is -1.91. The van der Waals surface area contributed by atoms with Crippen molar-refractivity contribution in [3.8, 4) is 0 Å². The van der Waals surface area contributed by atoms with E-state index in [1.54, 1.807) is 25.1 Å². The zero-order valence-corrected chi connectivity index (χ0v) is 9.59. The number of likely N-dealkylation sites (tertiary alicyclic amines) is 1. The van der Waals surface area contributed by atoms with Crippen LogP contribution in [0.3, 0.4) is 0 Å². The van der Waals surface area contributed by atoms with E-state index in [1.165, 1.54) is 4.90 Å². The van der Waals surface area contributed by atoms with E-state index in [0.29, 0.717) is 18.7 Å². The van der Waals surface area contributed by atoms with Gasteiger partial charge in [0, 0.05) is 12.2 Å². The van der Waals surface area contributed by atoms with E-state index in [2.05, 4.69) is 4.98 Å². The van der Waals surface area contributed by atoms with Crippen LogP contribution >= 0.6 is 0 Å². The van der Waals surface area contributed by atoms with Crippen LogP contribution < -0.4 is 0 Å². The molecule has 1 atom stereocenters. The summed E-state index contributed by atoms with van der Waals surface area (Å²) in [7, 11) is 0. The highest BCUT2D eigenvalue weighted by Crippen LogP contribution is 2.19. The summed E-state index contributed by atoms with van der Waals surface area (Å²) < 4.78 is 0. The molecule has 0 bridgehead atoms. The number of aryl methyl sites for hydroxylation is 1. The smallest absolute Gasteiger partial charge is 0.326 e. The average Bonchev–Trinajstić information content (AvgIpc) is 2.77. The van der Waals surface area contributed by atoms with Gasteiger partial charge in [-0.2, -0.15) is 0 Å². The molecule has 1 aromatic heterocycles. The number of aromatic nitrogens is 1. The van der Waals surface area contributed by atoms with Crippen molar-refractivity contribution in [2.45, 2.75) is 25.8 Å². The van der Waals surface area contributed by atoms with E-state index in [-0.39, 0.29) is 5.91 Å². The monoisotopic (exact) mass is 234 g/mol. The molecule has 1 aliphatic rings. The van der Waals surface area contributed by atoms with Gasteiger partial charge in [-0.05, 0) is 31.9 Å². The second-order valence-corrected chi connectivity index (χ2v) is 4.16. The molecule has 1 fully saturated rings. The summed E-state index contributed by atoms with van der Waals surface area (Å²) in [5.41, 5.74) is 1.07. The van der Waals surface area contributed by atoms with E-state index in [1.807, 2.05) is 0 Å². The summed E-state index contributed by atoms with van der Waals surface area (Å²) in [6, 6.07) is 4.47. The van der Waals surface area contributed by atoms with Gasteiger partial charge in [0.2, 0.25) is 0 Å². The summed E-state index contributed by atoms with van der Waals surface area (Å²) >= 11 is 0. The Kier molecular flexibility index (Phi) is 3.08. The van der Waals surface area contributed by atoms with Crippen LogP contribution in [0.5, 0.6) is 0 Å². The molecule has 1 saturated heterocycles. The fourth-order valence-electron chi connectivity index (χ4n) is 2.08. The SMILES string of the molecule is Cc1cccc(C(=O)N2CCC[C@@H]2C(=O)O)n1. The number of carboxylic acid groups (broad SMARTS) is 1. The summed E-state index contributed by atoms with van der Waals surface area (Å²) in [6.07, 6.45) is 1.25. The number of carboxylic acids is 1. The fourth-order valence-corrected chi connectivity index (χ4v) is 2.08. The maximum atomic E-state index is 12.1. The van der Waals surface area contributed by atoms with Crippen LogP contribution in [0.2, 0.25) is 0 Å². The number of carbonyl (C=O) groups excluding carboxylic acids is 1. The van der Waals surface area contributed by atoms with Gasteiger partial charge in [-0.3, -0.25) is 4.79 Å². The Bertz CT molecular complexity index is 459. The quantitative estimate of drug-likeness (QED) is 0.831. The van der Waals surface area contributed by atoms with Crippen molar-refractivity contribution in [2.75, 3.05) is 6.54 Å². The number of pyridine rings is 1. The molecule has 1 aromatic rings. The maximum Gasteiger partial charge on any atom is 0.326 e. The van der Waals surface area contributed by atoms with E-state index in [9.17, 15) is 9.59 Å². The molecule has 5 nitrogen and oxygen atoms in total. The molecule has 5 heteroatoms. The minimum atomic E-state index is -0.941. The number of amides is 1. The minimum Gasteiger partial charge on any atom is -0.480 e. The van der Waals surface area contributed by atoms with Crippen molar-refractivity contribution < 1.29 is 14.7 Å². The Labute approximate surface area is 99.1 Å². The van der Waals surface area contributed by atoms with Gasteiger partial charge in [-0.15, -0.1) is 0 Å². The molecule has 2 heterocycles. The van der Waals surface area contributed by atoms with Crippen LogP contribution in [-0.2, 0) is 4.79 Å². The third-order valence-corrected chi connectivity index (χ3v) is 2.91. The predicted octanol–water partition coefficient (Wildman–Crippen LogP) is 1.08. The Balaban J connectivity index is 2.23. The Morgan fingerprint density at radius 2 is 2.24 bits per heavy atom. The number of hydrogen-bond donors (Lipinski definition) is 1. The first-order valence-corrected chi connectivity index (χ1v) is 5.57. The minimum absolute atomic E-state index is 0.293.